The number of aromatic nitrogens is 2. The molecule has 0 aliphatic rings. The molecule has 1 heterocycles. The predicted octanol–water partition coefficient (Wildman–Crippen LogP) is 5.71. The predicted molar refractivity (Wildman–Crippen MR) is 148 cm³/mol. The Kier molecular flexibility index (Phi) is 7.15. The number of nitrogens with one attached hydrogen (secondary N) is 1. The Morgan fingerprint density at radius 1 is 0.947 bits per heavy atom. The summed E-state index contributed by atoms with van der Waals surface area (Å²) in [6.07, 6.45) is 2.92. The lowest BCUT2D eigenvalue weighted by molar-refractivity contribution is 0.0731. The lowest BCUT2D eigenvalue weighted by Gasteiger charge is -2.12. The molecule has 9 heteroatoms. The third-order valence-corrected chi connectivity index (χ3v) is 6.12. The van der Waals surface area contributed by atoms with E-state index in [1.54, 1.807) is 54.6 Å². The van der Waals surface area contributed by atoms with Crippen LogP contribution in [0.2, 0.25) is 5.02 Å². The van der Waals surface area contributed by atoms with E-state index in [-0.39, 0.29) is 10.7 Å². The number of hydrogen-bond acceptors (Lipinski definition) is 7. The van der Waals surface area contributed by atoms with Crippen LogP contribution in [0.15, 0.2) is 107 Å². The molecule has 0 aliphatic carbocycles. The summed E-state index contributed by atoms with van der Waals surface area (Å²) in [5.74, 6) is 0.133. The van der Waals surface area contributed by atoms with Crippen LogP contribution < -0.4 is 20.5 Å². The van der Waals surface area contributed by atoms with E-state index >= 15 is 0 Å². The van der Waals surface area contributed by atoms with E-state index < -0.39 is 11.5 Å². The number of para-hydroxylation sites is 2. The SMILES string of the molecule is COc1ccccc1C(=O)Oc1ccc2ccccc2c1/C=N\Nc1cnn(-c2ccccc2)c(=O)c1Cl. The van der Waals surface area contributed by atoms with Crippen molar-refractivity contribution >= 4 is 40.2 Å². The third-order valence-electron chi connectivity index (χ3n) is 5.76. The molecule has 4 aromatic carbocycles. The lowest BCUT2D eigenvalue weighted by Crippen LogP contribution is -2.22. The fourth-order valence-corrected chi connectivity index (χ4v) is 4.07. The molecule has 0 unspecified atom stereocenters. The molecule has 1 aromatic heterocycles. The fourth-order valence-electron chi connectivity index (χ4n) is 3.90. The van der Waals surface area contributed by atoms with Crippen molar-refractivity contribution in [2.45, 2.75) is 0 Å². The van der Waals surface area contributed by atoms with Crippen LogP contribution in [0.4, 0.5) is 5.69 Å². The largest absolute Gasteiger partial charge is 0.496 e. The summed E-state index contributed by atoms with van der Waals surface area (Å²) in [7, 11) is 1.49. The highest BCUT2D eigenvalue weighted by Gasteiger charge is 2.17. The van der Waals surface area contributed by atoms with Gasteiger partial charge < -0.3 is 9.47 Å². The number of carbonyl (C=O) groups excluding carboxylic acids is 1. The zero-order valence-corrected chi connectivity index (χ0v) is 20.9. The molecule has 0 bridgehead atoms. The molecule has 8 nitrogen and oxygen atoms in total. The summed E-state index contributed by atoms with van der Waals surface area (Å²) in [5, 5.41) is 10.1. The van der Waals surface area contributed by atoms with Crippen LogP contribution >= 0.6 is 11.6 Å². The Hall–Kier alpha value is -4.95. The summed E-state index contributed by atoms with van der Waals surface area (Å²) in [6.45, 7) is 0. The molecule has 38 heavy (non-hydrogen) atoms. The van der Waals surface area contributed by atoms with Crippen LogP contribution in [0.5, 0.6) is 11.5 Å². The number of halogens is 1. The fraction of sp³-hybridized carbons (Fsp3) is 0.0345. The van der Waals surface area contributed by atoms with Gasteiger partial charge in [0.25, 0.3) is 5.56 Å². The monoisotopic (exact) mass is 524 g/mol. The van der Waals surface area contributed by atoms with E-state index in [1.807, 2.05) is 36.4 Å². The normalized spacial score (nSPS) is 11.0. The summed E-state index contributed by atoms with van der Waals surface area (Å²) >= 11 is 6.33. The molecule has 0 saturated heterocycles. The maximum absolute atomic E-state index is 13.0. The van der Waals surface area contributed by atoms with Crippen molar-refractivity contribution in [2.75, 3.05) is 12.5 Å². The topological polar surface area (TPSA) is 94.8 Å². The van der Waals surface area contributed by atoms with Gasteiger partial charge in [-0.2, -0.15) is 14.9 Å². The number of hydrazone groups is 1. The first-order valence-corrected chi connectivity index (χ1v) is 11.9. The van der Waals surface area contributed by atoms with Crippen molar-refractivity contribution in [3.05, 3.63) is 124 Å². The van der Waals surface area contributed by atoms with Crippen molar-refractivity contribution in [3.8, 4) is 17.2 Å². The molecular formula is C29H21ClN4O4. The summed E-state index contributed by atoms with van der Waals surface area (Å²) in [6, 6.07) is 27.0. The molecule has 0 atom stereocenters. The van der Waals surface area contributed by atoms with Crippen molar-refractivity contribution in [2.24, 2.45) is 5.10 Å². The third kappa shape index (κ3) is 4.98. The minimum absolute atomic E-state index is 0.0678. The average Bonchev–Trinajstić information content (AvgIpc) is 2.96. The lowest BCUT2D eigenvalue weighted by atomic mass is 10.0. The van der Waals surface area contributed by atoms with Gasteiger partial charge in [-0.25, -0.2) is 4.79 Å². The van der Waals surface area contributed by atoms with Gasteiger partial charge in [-0.05, 0) is 41.1 Å². The second-order valence-electron chi connectivity index (χ2n) is 8.08. The minimum Gasteiger partial charge on any atom is -0.496 e. The maximum atomic E-state index is 13.0. The maximum Gasteiger partial charge on any atom is 0.347 e. The molecule has 0 spiro atoms. The van der Waals surface area contributed by atoms with E-state index in [0.717, 1.165) is 10.8 Å². The zero-order chi connectivity index (χ0) is 26.5. The van der Waals surface area contributed by atoms with Crippen LogP contribution in [0, 0.1) is 0 Å². The van der Waals surface area contributed by atoms with E-state index in [4.69, 9.17) is 21.1 Å². The van der Waals surface area contributed by atoms with Crippen LogP contribution in [0.25, 0.3) is 16.5 Å². The molecular weight excluding hydrogens is 504 g/mol. The van der Waals surface area contributed by atoms with Crippen LogP contribution in [0.1, 0.15) is 15.9 Å². The Labute approximate surface area is 222 Å². The number of carbonyl (C=O) groups is 1. The summed E-state index contributed by atoms with van der Waals surface area (Å²) in [4.78, 5) is 25.8. The van der Waals surface area contributed by atoms with E-state index in [2.05, 4.69) is 15.6 Å². The second-order valence-corrected chi connectivity index (χ2v) is 8.46. The van der Waals surface area contributed by atoms with E-state index in [0.29, 0.717) is 28.3 Å². The highest BCUT2D eigenvalue weighted by atomic mass is 35.5. The van der Waals surface area contributed by atoms with Gasteiger partial charge >= 0.3 is 5.97 Å². The summed E-state index contributed by atoms with van der Waals surface area (Å²) in [5.41, 5.74) is 3.95. The number of fused-ring (bicyclic) bond motifs is 1. The molecule has 0 aliphatic heterocycles. The quantitative estimate of drug-likeness (QED) is 0.127. The number of ether oxygens (including phenoxy) is 2. The number of methoxy groups -OCH3 is 1. The van der Waals surface area contributed by atoms with Crippen molar-refractivity contribution < 1.29 is 14.3 Å². The van der Waals surface area contributed by atoms with Crippen LogP contribution in [-0.4, -0.2) is 29.1 Å². The Morgan fingerprint density at radius 3 is 2.50 bits per heavy atom. The molecule has 5 aromatic rings. The van der Waals surface area contributed by atoms with Crippen molar-refractivity contribution in [1.29, 1.82) is 0 Å². The number of benzene rings is 4. The first kappa shape index (κ1) is 24.7. The molecule has 0 amide bonds. The van der Waals surface area contributed by atoms with E-state index in [1.165, 1.54) is 24.2 Å². The first-order chi connectivity index (χ1) is 18.6. The number of hydrogen-bond donors (Lipinski definition) is 1. The average molecular weight is 525 g/mol. The number of esters is 1. The van der Waals surface area contributed by atoms with Gasteiger partial charge in [0.2, 0.25) is 0 Å². The molecule has 5 rings (SSSR count). The molecule has 188 valence electrons. The standard InChI is InChI=1S/C29H21ClN4O4/c1-37-25-14-8-7-13-22(25)29(36)38-26-16-15-19-9-5-6-12-21(19)23(26)17-31-33-24-18-32-34(28(35)27(24)30)20-10-3-2-4-11-20/h2-18,33H,1H3/b31-17-. The molecule has 0 fully saturated rings. The zero-order valence-electron chi connectivity index (χ0n) is 20.2. The van der Waals surface area contributed by atoms with Crippen LogP contribution in [-0.2, 0) is 0 Å². The van der Waals surface area contributed by atoms with Gasteiger partial charge in [0.15, 0.2) is 0 Å². The molecule has 0 radical (unpaired) electrons. The van der Waals surface area contributed by atoms with Crippen molar-refractivity contribution in [1.82, 2.24) is 9.78 Å². The van der Waals surface area contributed by atoms with Gasteiger partial charge in [0, 0.05) is 5.56 Å². The minimum atomic E-state index is -0.572. The Balaban J connectivity index is 1.46. The van der Waals surface area contributed by atoms with Gasteiger partial charge in [-0.3, -0.25) is 10.2 Å². The number of nitrogens with zero attached hydrogens (tertiary/aromatic N) is 3. The van der Waals surface area contributed by atoms with E-state index in [9.17, 15) is 9.59 Å². The van der Waals surface area contributed by atoms with Gasteiger partial charge in [0.05, 0.1) is 25.2 Å². The number of anilines is 1. The molecule has 1 N–H and O–H groups in total. The smallest absolute Gasteiger partial charge is 0.347 e. The van der Waals surface area contributed by atoms with Gasteiger partial charge in [0.1, 0.15) is 27.8 Å². The van der Waals surface area contributed by atoms with Crippen molar-refractivity contribution in [3.63, 3.8) is 0 Å². The Bertz CT molecular complexity index is 1720. The Morgan fingerprint density at radius 2 is 1.68 bits per heavy atom. The van der Waals surface area contributed by atoms with Crippen LogP contribution in [0.3, 0.4) is 0 Å². The summed E-state index contributed by atoms with van der Waals surface area (Å²) < 4.78 is 12.3. The second kappa shape index (κ2) is 11.0. The first-order valence-electron chi connectivity index (χ1n) is 11.6. The van der Waals surface area contributed by atoms with Gasteiger partial charge in [-0.1, -0.05) is 72.3 Å². The highest BCUT2D eigenvalue weighted by molar-refractivity contribution is 6.33. The van der Waals surface area contributed by atoms with Gasteiger partial charge in [-0.15, -0.1) is 0 Å². The highest BCUT2D eigenvalue weighted by Crippen LogP contribution is 2.29. The molecule has 0 saturated carbocycles. The number of rotatable bonds is 7.